The molecule has 1 aromatic carbocycles. The third-order valence-electron chi connectivity index (χ3n) is 4.74. The van der Waals surface area contributed by atoms with Crippen molar-refractivity contribution in [2.24, 2.45) is 7.05 Å². The van der Waals surface area contributed by atoms with Gasteiger partial charge in [-0.1, -0.05) is 12.0 Å². The summed E-state index contributed by atoms with van der Waals surface area (Å²) in [6.07, 6.45) is 8.78. The number of rotatable bonds is 3. The molecule has 0 fully saturated rings. The summed E-state index contributed by atoms with van der Waals surface area (Å²) >= 11 is 0. The molecule has 9 heteroatoms. The Morgan fingerprint density at radius 3 is 2.97 bits per heavy atom. The largest absolute Gasteiger partial charge is 0.382 e. The Bertz CT molecular complexity index is 1380. The molecule has 0 aliphatic carbocycles. The predicted octanol–water partition coefficient (Wildman–Crippen LogP) is 0.450. The fraction of sp³-hybridized carbons (Fsp3) is 0.150. The van der Waals surface area contributed by atoms with Gasteiger partial charge in [0.15, 0.2) is 11.4 Å². The molecule has 4 rings (SSSR count). The zero-order chi connectivity index (χ0) is 20.7. The first-order valence-electron chi connectivity index (χ1n) is 8.83. The molecular formula is C20H18N7O2+. The maximum atomic E-state index is 12.9. The zero-order valence-corrected chi connectivity index (χ0v) is 15.8. The third-order valence-corrected chi connectivity index (χ3v) is 4.74. The Labute approximate surface area is 165 Å². The van der Waals surface area contributed by atoms with Crippen LogP contribution in [0.4, 0.5) is 5.82 Å². The smallest absolute Gasteiger partial charge is 0.362 e. The lowest BCUT2D eigenvalue weighted by Crippen LogP contribution is -2.33. The topological polar surface area (TPSA) is 123 Å². The Kier molecular flexibility index (Phi) is 4.24. The minimum Gasteiger partial charge on any atom is -0.382 e. The van der Waals surface area contributed by atoms with E-state index in [2.05, 4.69) is 26.3 Å². The van der Waals surface area contributed by atoms with Gasteiger partial charge in [-0.3, -0.25) is 14.2 Å². The van der Waals surface area contributed by atoms with Crippen LogP contribution in [0.15, 0.2) is 41.5 Å². The second kappa shape index (κ2) is 6.76. The number of carbonyl (C=O) groups is 1. The minimum atomic E-state index is -0.572. The molecule has 0 saturated carbocycles. The number of anilines is 1. The number of fused-ring (bicyclic) bond motifs is 2. The molecule has 9 nitrogen and oxygen atoms in total. The number of amides is 1. The van der Waals surface area contributed by atoms with Gasteiger partial charge in [0.05, 0.1) is 16.9 Å². The van der Waals surface area contributed by atoms with E-state index >= 15 is 0 Å². The molecule has 0 bridgehead atoms. The Morgan fingerprint density at radius 1 is 1.41 bits per heavy atom. The predicted molar refractivity (Wildman–Crippen MR) is 107 cm³/mol. The highest BCUT2D eigenvalue weighted by Gasteiger charge is 2.26. The first-order valence-corrected chi connectivity index (χ1v) is 8.83. The Hall–Kier alpha value is -4.19. The number of nitrogens with two attached hydrogens (primary N) is 1. The third kappa shape index (κ3) is 2.87. The lowest BCUT2D eigenvalue weighted by atomic mass is 10.1. The monoisotopic (exact) mass is 388 g/mol. The summed E-state index contributed by atoms with van der Waals surface area (Å²) in [5.41, 5.74) is 7.26. The highest BCUT2D eigenvalue weighted by Crippen LogP contribution is 2.18. The fourth-order valence-electron chi connectivity index (χ4n) is 3.35. The van der Waals surface area contributed by atoms with Crippen molar-refractivity contribution in [3.63, 3.8) is 0 Å². The molecule has 0 radical (unpaired) electrons. The van der Waals surface area contributed by atoms with Crippen LogP contribution >= 0.6 is 0 Å². The number of nitrogens with zero attached hydrogens (tertiary/aromatic N) is 4. The molecule has 3 heterocycles. The van der Waals surface area contributed by atoms with E-state index in [0.29, 0.717) is 27.9 Å². The first kappa shape index (κ1) is 18.2. The van der Waals surface area contributed by atoms with Crippen molar-refractivity contribution in [3.8, 4) is 12.3 Å². The van der Waals surface area contributed by atoms with Gasteiger partial charge in [-0.25, -0.2) is 10.1 Å². The lowest BCUT2D eigenvalue weighted by Gasteiger charge is -2.17. The van der Waals surface area contributed by atoms with Gasteiger partial charge in [0.1, 0.15) is 18.2 Å². The summed E-state index contributed by atoms with van der Waals surface area (Å²) in [6, 6.07) is 6.30. The molecule has 144 valence electrons. The fourth-order valence-corrected chi connectivity index (χ4v) is 3.35. The molecule has 4 aromatic rings. The maximum absolute atomic E-state index is 12.9. The molecule has 0 aliphatic heterocycles. The molecular weight excluding hydrogens is 370 g/mol. The maximum Gasteiger partial charge on any atom is 0.362 e. The van der Waals surface area contributed by atoms with Crippen molar-refractivity contribution in [1.82, 2.24) is 25.0 Å². The van der Waals surface area contributed by atoms with E-state index < -0.39 is 11.9 Å². The number of H-pyrrole nitrogens is 1. The number of benzene rings is 1. The molecule has 0 spiro atoms. The second-order valence-electron chi connectivity index (χ2n) is 6.59. The van der Waals surface area contributed by atoms with Gasteiger partial charge < -0.3 is 11.1 Å². The number of nitrogen functional groups attached to an aromatic ring is 1. The van der Waals surface area contributed by atoms with Crippen molar-refractivity contribution in [1.29, 1.82) is 0 Å². The van der Waals surface area contributed by atoms with Crippen LogP contribution in [0.5, 0.6) is 0 Å². The van der Waals surface area contributed by atoms with Crippen LogP contribution in [0.3, 0.4) is 0 Å². The molecule has 1 amide bonds. The van der Waals surface area contributed by atoms with Gasteiger partial charge in [-0.2, -0.15) is 0 Å². The number of hydrogen-bond donors (Lipinski definition) is 3. The van der Waals surface area contributed by atoms with Crippen LogP contribution in [0.2, 0.25) is 0 Å². The number of terminal acetylenes is 1. The molecule has 3 aromatic heterocycles. The van der Waals surface area contributed by atoms with Crippen LogP contribution in [0.1, 0.15) is 34.7 Å². The number of aromatic amines is 1. The van der Waals surface area contributed by atoms with Crippen molar-refractivity contribution in [2.45, 2.75) is 13.0 Å². The first-order chi connectivity index (χ1) is 13.9. The quantitative estimate of drug-likeness (QED) is 0.347. The average molecular weight is 388 g/mol. The highest BCUT2D eigenvalue weighted by molar-refractivity contribution is 6.03. The number of carbonyl (C=O) groups excluding carboxylic acids is 1. The standard InChI is InChI=1S/C20H17N7O2/c1-4-12-7-5-8-13-14(12)20(29)26(3)17(24-13)11(2)23-19(28)15-16(21)25-27-10-6-9-22-18(15)27/h1,5-11H,2-3H3,(H3,21,23,25,28)/p+1. The van der Waals surface area contributed by atoms with Crippen molar-refractivity contribution < 1.29 is 9.31 Å². The van der Waals surface area contributed by atoms with Gasteiger partial charge in [0.2, 0.25) is 0 Å². The van der Waals surface area contributed by atoms with E-state index in [-0.39, 0.29) is 16.9 Å². The summed E-state index contributed by atoms with van der Waals surface area (Å²) in [7, 11) is 1.59. The minimum absolute atomic E-state index is 0.187. The van der Waals surface area contributed by atoms with E-state index in [0.717, 1.165) is 0 Å². The van der Waals surface area contributed by atoms with Crippen LogP contribution in [-0.4, -0.2) is 25.5 Å². The summed E-state index contributed by atoms with van der Waals surface area (Å²) in [6.45, 7) is 1.74. The van der Waals surface area contributed by atoms with E-state index in [1.807, 2.05) is 0 Å². The number of nitrogens with one attached hydrogen (secondary N) is 2. The summed E-state index contributed by atoms with van der Waals surface area (Å²) < 4.78 is 2.94. The number of aromatic nitrogens is 5. The molecule has 4 N–H and O–H groups in total. The van der Waals surface area contributed by atoms with E-state index in [1.54, 1.807) is 55.1 Å². The van der Waals surface area contributed by atoms with E-state index in [4.69, 9.17) is 12.2 Å². The highest BCUT2D eigenvalue weighted by atomic mass is 16.2. The Morgan fingerprint density at radius 2 is 2.21 bits per heavy atom. The summed E-state index contributed by atoms with van der Waals surface area (Å²) in [5.74, 6) is 2.66. The van der Waals surface area contributed by atoms with Gasteiger partial charge in [-0.05, 0) is 24.0 Å². The van der Waals surface area contributed by atoms with Gasteiger partial charge in [-0.15, -0.1) is 10.9 Å². The van der Waals surface area contributed by atoms with Crippen molar-refractivity contribution >= 4 is 28.3 Å². The molecule has 1 unspecified atom stereocenters. The number of hydrogen-bond acceptors (Lipinski definition) is 5. The normalized spacial score (nSPS) is 12.0. The second-order valence-corrected chi connectivity index (χ2v) is 6.59. The summed E-state index contributed by atoms with van der Waals surface area (Å²) in [4.78, 5) is 34.5. The molecule has 1 atom stereocenters. The van der Waals surface area contributed by atoms with Crippen molar-refractivity contribution in [2.75, 3.05) is 5.73 Å². The molecule has 29 heavy (non-hydrogen) atoms. The van der Waals surface area contributed by atoms with Crippen LogP contribution < -0.4 is 21.1 Å². The Balaban J connectivity index is 1.74. The van der Waals surface area contributed by atoms with Crippen molar-refractivity contribution in [3.05, 3.63) is 64.0 Å². The summed E-state index contributed by atoms with van der Waals surface area (Å²) in [5, 5.41) is 6.07. The molecule has 0 aliphatic rings. The van der Waals surface area contributed by atoms with E-state index in [1.165, 1.54) is 4.57 Å². The van der Waals surface area contributed by atoms with Crippen LogP contribution in [-0.2, 0) is 7.05 Å². The van der Waals surface area contributed by atoms with Gasteiger partial charge in [0, 0.05) is 18.7 Å². The van der Waals surface area contributed by atoms with Crippen LogP contribution in [0, 0.1) is 12.3 Å². The van der Waals surface area contributed by atoms with E-state index in [9.17, 15) is 9.59 Å². The van der Waals surface area contributed by atoms with Gasteiger partial charge >= 0.3 is 5.65 Å². The van der Waals surface area contributed by atoms with Gasteiger partial charge in [0.25, 0.3) is 11.5 Å². The van der Waals surface area contributed by atoms with Crippen LogP contribution in [0.25, 0.3) is 16.6 Å². The SMILES string of the molecule is C#Cc1cccc2nc(C(C)NC(=O)c3c(N)[nH][n+]4cccnc34)n(C)c(=O)c12. The lowest BCUT2D eigenvalue weighted by molar-refractivity contribution is -0.577. The average Bonchev–Trinajstić information content (AvgIpc) is 3.05. The zero-order valence-electron chi connectivity index (χ0n) is 15.8. The molecule has 0 saturated heterocycles.